The molecule has 1 fully saturated rings. The highest BCUT2D eigenvalue weighted by Crippen LogP contribution is 2.38. The van der Waals surface area contributed by atoms with E-state index in [2.05, 4.69) is 20.6 Å². The minimum Gasteiger partial charge on any atom is -0.444 e. The molecule has 2 aromatic heterocycles. The van der Waals surface area contributed by atoms with Gasteiger partial charge >= 0.3 is 6.09 Å². The maximum atomic E-state index is 12.6. The number of carbonyl (C=O) groups excluding carboxylic acids is 2. The Bertz CT molecular complexity index is 1650. The van der Waals surface area contributed by atoms with Gasteiger partial charge in [-0.3, -0.25) is 4.79 Å². The number of fused-ring (bicyclic) bond motifs is 1. The van der Waals surface area contributed by atoms with Crippen molar-refractivity contribution in [2.75, 3.05) is 23.7 Å². The van der Waals surface area contributed by atoms with E-state index >= 15 is 0 Å². The van der Waals surface area contributed by atoms with Crippen molar-refractivity contribution in [2.24, 2.45) is 0 Å². The number of aryl methyl sites for hydroxylation is 1. The van der Waals surface area contributed by atoms with Gasteiger partial charge in [-0.1, -0.05) is 31.2 Å². The van der Waals surface area contributed by atoms with Crippen molar-refractivity contribution in [3.05, 3.63) is 66.5 Å². The van der Waals surface area contributed by atoms with E-state index < -0.39 is 5.60 Å². The zero-order valence-electron chi connectivity index (χ0n) is 26.0. The number of likely N-dealkylation sites (tertiary alicyclic amines) is 1. The van der Waals surface area contributed by atoms with Crippen molar-refractivity contribution in [2.45, 2.75) is 71.9 Å². The quantitative estimate of drug-likeness (QED) is 0.217. The van der Waals surface area contributed by atoms with Crippen molar-refractivity contribution in [3.63, 3.8) is 0 Å². The van der Waals surface area contributed by atoms with Crippen LogP contribution in [0.25, 0.3) is 22.0 Å². The number of amides is 2. The van der Waals surface area contributed by atoms with E-state index in [0.29, 0.717) is 48.3 Å². The summed E-state index contributed by atoms with van der Waals surface area (Å²) in [5.74, 6) is 1.50. The monoisotopic (exact) mass is 596 g/mol. The fourth-order valence-electron chi connectivity index (χ4n) is 5.24. The molecule has 0 bridgehead atoms. The van der Waals surface area contributed by atoms with E-state index in [4.69, 9.17) is 14.5 Å². The molecular formula is C34H40N6O4. The molecule has 0 radical (unpaired) electrons. The minimum atomic E-state index is -0.546. The summed E-state index contributed by atoms with van der Waals surface area (Å²) in [6, 6.07) is 15.3. The summed E-state index contributed by atoms with van der Waals surface area (Å²) in [6.45, 7) is 10.7. The molecule has 1 saturated heterocycles. The molecule has 1 aliphatic heterocycles. The summed E-state index contributed by atoms with van der Waals surface area (Å²) < 4.78 is 12.1. The first-order valence-corrected chi connectivity index (χ1v) is 15.1. The predicted molar refractivity (Wildman–Crippen MR) is 172 cm³/mol. The molecule has 0 aliphatic carbocycles. The summed E-state index contributed by atoms with van der Waals surface area (Å²) in [7, 11) is 0. The average Bonchev–Trinajstić information content (AvgIpc) is 2.98. The summed E-state index contributed by atoms with van der Waals surface area (Å²) >= 11 is 0. The molecule has 5 rings (SSSR count). The fraction of sp³-hybridized carbons (Fsp3) is 0.382. The molecule has 2 aromatic carbocycles. The van der Waals surface area contributed by atoms with Gasteiger partial charge in [0.15, 0.2) is 0 Å². The first-order chi connectivity index (χ1) is 21.1. The van der Waals surface area contributed by atoms with Crippen LogP contribution >= 0.6 is 0 Å². The van der Waals surface area contributed by atoms with Crippen LogP contribution in [-0.4, -0.2) is 56.6 Å². The molecule has 2 N–H and O–H groups in total. The molecular weight excluding hydrogens is 556 g/mol. The highest BCUT2D eigenvalue weighted by Gasteiger charge is 2.28. The van der Waals surface area contributed by atoms with Crippen molar-refractivity contribution in [1.82, 2.24) is 19.9 Å². The lowest BCUT2D eigenvalue weighted by molar-refractivity contribution is -0.116. The first kappa shape index (κ1) is 30.7. The molecule has 0 unspecified atom stereocenters. The van der Waals surface area contributed by atoms with Gasteiger partial charge in [0.05, 0.1) is 11.3 Å². The Morgan fingerprint density at radius 3 is 2.66 bits per heavy atom. The van der Waals surface area contributed by atoms with Crippen LogP contribution in [0.15, 0.2) is 60.9 Å². The normalized spacial score (nSPS) is 15.1. The topological polar surface area (TPSA) is 119 Å². The number of nitrogens with zero attached hydrogens (tertiary/aromatic N) is 4. The number of hydrogen-bond acceptors (Lipinski definition) is 8. The third kappa shape index (κ3) is 7.42. The molecule has 1 atom stereocenters. The number of rotatable bonds is 8. The minimum absolute atomic E-state index is 0.0125. The van der Waals surface area contributed by atoms with Gasteiger partial charge < -0.3 is 25.0 Å². The number of aromatic nitrogens is 3. The average molecular weight is 597 g/mol. The van der Waals surface area contributed by atoms with Gasteiger partial charge in [0.2, 0.25) is 17.7 Å². The van der Waals surface area contributed by atoms with E-state index in [1.54, 1.807) is 17.3 Å². The number of pyridine rings is 1. The smallest absolute Gasteiger partial charge is 0.410 e. The number of carbonyl (C=O) groups is 2. The second kappa shape index (κ2) is 13.3. The molecule has 0 spiro atoms. The van der Waals surface area contributed by atoms with Gasteiger partial charge in [-0.2, -0.15) is 0 Å². The zero-order valence-corrected chi connectivity index (χ0v) is 26.0. The molecule has 1 aliphatic rings. The Hall–Kier alpha value is -4.73. The number of ether oxygens (including phenoxy) is 2. The Kier molecular flexibility index (Phi) is 9.27. The van der Waals surface area contributed by atoms with E-state index in [1.165, 1.54) is 0 Å². The molecule has 10 nitrogen and oxygen atoms in total. The van der Waals surface area contributed by atoms with Gasteiger partial charge in [0, 0.05) is 54.4 Å². The lowest BCUT2D eigenvalue weighted by Gasteiger charge is -2.34. The van der Waals surface area contributed by atoms with Crippen LogP contribution in [0, 0.1) is 6.92 Å². The van der Waals surface area contributed by atoms with Crippen LogP contribution in [0.3, 0.4) is 0 Å². The standard InChI is InChI=1S/C34H40N6O4/c1-6-10-29(41)38-27-14-7-12-25-24(27)16-15-22(2)30(25)43-31-26(13-8-18-35-31)28-17-19-36-32(39-28)37-23-11-9-20-40(21-23)33(42)44-34(3,4)5/h7-8,12-19,23H,6,9-11,20-21H2,1-5H3,(H,38,41)(H,36,37,39)/t23-/m0/s1. The Balaban J connectivity index is 1.38. The lowest BCUT2D eigenvalue weighted by Crippen LogP contribution is -2.47. The van der Waals surface area contributed by atoms with Crippen LogP contribution in [0.5, 0.6) is 11.6 Å². The molecule has 10 heteroatoms. The molecule has 230 valence electrons. The van der Waals surface area contributed by atoms with Gasteiger partial charge in [-0.25, -0.2) is 19.7 Å². The summed E-state index contributed by atoms with van der Waals surface area (Å²) in [5, 5.41) is 8.19. The second-order valence-corrected chi connectivity index (χ2v) is 12.0. The van der Waals surface area contributed by atoms with Crippen molar-refractivity contribution in [1.29, 1.82) is 0 Å². The summed E-state index contributed by atoms with van der Waals surface area (Å²) in [5.41, 5.74) is 2.49. The van der Waals surface area contributed by atoms with Crippen molar-refractivity contribution in [3.8, 4) is 22.9 Å². The molecule has 2 amide bonds. The molecule has 3 heterocycles. The zero-order chi connectivity index (χ0) is 31.3. The summed E-state index contributed by atoms with van der Waals surface area (Å²) in [4.78, 5) is 40.5. The van der Waals surface area contributed by atoms with Crippen molar-refractivity contribution < 1.29 is 19.1 Å². The first-order valence-electron chi connectivity index (χ1n) is 15.1. The van der Waals surface area contributed by atoms with E-state index in [9.17, 15) is 9.59 Å². The Morgan fingerprint density at radius 1 is 1.02 bits per heavy atom. The number of nitrogens with one attached hydrogen (secondary N) is 2. The Morgan fingerprint density at radius 2 is 1.86 bits per heavy atom. The number of benzene rings is 2. The fourth-order valence-corrected chi connectivity index (χ4v) is 5.24. The van der Waals surface area contributed by atoms with Crippen LogP contribution in [-0.2, 0) is 9.53 Å². The second-order valence-electron chi connectivity index (χ2n) is 12.0. The van der Waals surface area contributed by atoms with Crippen molar-refractivity contribution >= 4 is 34.4 Å². The van der Waals surface area contributed by atoms with Crippen LogP contribution in [0.4, 0.5) is 16.4 Å². The maximum Gasteiger partial charge on any atom is 0.410 e. The molecule has 44 heavy (non-hydrogen) atoms. The van der Waals surface area contributed by atoms with Gasteiger partial charge in [0.25, 0.3) is 0 Å². The van der Waals surface area contributed by atoms with E-state index in [-0.39, 0.29) is 18.0 Å². The number of anilines is 2. The SMILES string of the molecule is CCCC(=O)Nc1cccc2c(Oc3ncccc3-c3ccnc(N[C@H]4CCCN(C(=O)OC(C)(C)C)C4)n3)c(C)ccc12. The highest BCUT2D eigenvalue weighted by molar-refractivity contribution is 6.04. The van der Waals surface area contributed by atoms with Gasteiger partial charge in [-0.05, 0) is 76.8 Å². The third-order valence-corrected chi connectivity index (χ3v) is 7.27. The Labute approximate surface area is 258 Å². The number of hydrogen-bond donors (Lipinski definition) is 2. The predicted octanol–water partition coefficient (Wildman–Crippen LogP) is 7.34. The van der Waals surface area contributed by atoms with Gasteiger partial charge in [-0.15, -0.1) is 0 Å². The maximum absolute atomic E-state index is 12.6. The van der Waals surface area contributed by atoms with E-state index in [1.807, 2.05) is 83.1 Å². The van der Waals surface area contributed by atoms with Crippen LogP contribution in [0.1, 0.15) is 58.9 Å². The largest absolute Gasteiger partial charge is 0.444 e. The van der Waals surface area contributed by atoms with Crippen LogP contribution in [0.2, 0.25) is 0 Å². The summed E-state index contributed by atoms with van der Waals surface area (Å²) in [6.07, 6.45) is 6.05. The highest BCUT2D eigenvalue weighted by atomic mass is 16.6. The lowest BCUT2D eigenvalue weighted by atomic mass is 10.0. The molecule has 0 saturated carbocycles. The van der Waals surface area contributed by atoms with Gasteiger partial charge in [0.1, 0.15) is 11.4 Å². The number of piperidine rings is 1. The van der Waals surface area contributed by atoms with E-state index in [0.717, 1.165) is 41.3 Å². The third-order valence-electron chi connectivity index (χ3n) is 7.27. The van der Waals surface area contributed by atoms with Crippen LogP contribution < -0.4 is 15.4 Å². The molecule has 4 aromatic rings.